The fourth-order valence-corrected chi connectivity index (χ4v) is 5.46. The van der Waals surface area contributed by atoms with Crippen molar-refractivity contribution in [1.29, 1.82) is 0 Å². The van der Waals surface area contributed by atoms with Gasteiger partial charge in [-0.2, -0.15) is 0 Å². The van der Waals surface area contributed by atoms with Gasteiger partial charge in [-0.15, -0.1) is 12.4 Å². The first-order valence-corrected chi connectivity index (χ1v) is 12.8. The normalized spacial score (nSPS) is 16.1. The molecule has 0 unspecified atom stereocenters. The van der Waals surface area contributed by atoms with Crippen LogP contribution in [0.25, 0.3) is 0 Å². The number of aryl methyl sites for hydroxylation is 1. The van der Waals surface area contributed by atoms with Gasteiger partial charge in [-0.05, 0) is 92.1 Å². The zero-order valence-corrected chi connectivity index (χ0v) is 20.9. The van der Waals surface area contributed by atoms with Crippen LogP contribution in [0, 0.1) is 0 Å². The Morgan fingerprint density at radius 2 is 1.65 bits per heavy atom. The van der Waals surface area contributed by atoms with Crippen molar-refractivity contribution in [2.24, 2.45) is 0 Å². The summed E-state index contributed by atoms with van der Waals surface area (Å²) < 4.78 is 28.4. The summed E-state index contributed by atoms with van der Waals surface area (Å²) in [6.45, 7) is 11.0. The van der Waals surface area contributed by atoms with Gasteiger partial charge < -0.3 is 4.90 Å². The zero-order chi connectivity index (χ0) is 21.7. The van der Waals surface area contributed by atoms with Crippen LogP contribution in [-0.2, 0) is 22.9 Å². The Morgan fingerprint density at radius 1 is 1.00 bits per heavy atom. The number of benzene rings is 2. The molecule has 1 atom stereocenters. The minimum atomic E-state index is -3.58. The van der Waals surface area contributed by atoms with Gasteiger partial charge >= 0.3 is 0 Å². The van der Waals surface area contributed by atoms with E-state index in [9.17, 15) is 8.42 Å². The number of rotatable bonds is 9. The molecular formula is C25H37ClN2O2S. The molecule has 0 fully saturated rings. The van der Waals surface area contributed by atoms with E-state index in [2.05, 4.69) is 43.4 Å². The van der Waals surface area contributed by atoms with Crippen molar-refractivity contribution in [2.75, 3.05) is 17.8 Å². The number of hydrogen-bond acceptors (Lipinski definition) is 3. The van der Waals surface area contributed by atoms with Gasteiger partial charge in [0, 0.05) is 11.7 Å². The molecule has 6 heteroatoms. The van der Waals surface area contributed by atoms with Crippen LogP contribution in [0.3, 0.4) is 0 Å². The van der Waals surface area contributed by atoms with Gasteiger partial charge in [-0.3, -0.25) is 4.72 Å². The molecular weight excluding hydrogens is 428 g/mol. The molecule has 2 aromatic rings. The first-order valence-electron chi connectivity index (χ1n) is 11.3. The molecule has 0 radical (unpaired) electrons. The first kappa shape index (κ1) is 25.7. The zero-order valence-electron chi connectivity index (χ0n) is 19.2. The van der Waals surface area contributed by atoms with E-state index in [1.54, 1.807) is 12.1 Å². The lowest BCUT2D eigenvalue weighted by atomic mass is 9.87. The monoisotopic (exact) mass is 464 g/mol. The summed E-state index contributed by atoms with van der Waals surface area (Å²) in [5.74, 6) is 0.379. The molecule has 0 bridgehead atoms. The van der Waals surface area contributed by atoms with Crippen molar-refractivity contribution in [3.8, 4) is 0 Å². The fourth-order valence-electron chi connectivity index (χ4n) is 4.41. The summed E-state index contributed by atoms with van der Waals surface area (Å²) >= 11 is 0. The number of halogens is 1. The maximum atomic E-state index is 12.8. The molecule has 0 saturated heterocycles. The van der Waals surface area contributed by atoms with Crippen LogP contribution in [0.1, 0.15) is 69.6 Å². The topological polar surface area (TPSA) is 49.4 Å². The number of fused-ring (bicyclic) bond motifs is 1. The highest BCUT2D eigenvalue weighted by Gasteiger charge is 2.24. The fraction of sp³-hybridized carbons (Fsp3) is 0.520. The maximum Gasteiger partial charge on any atom is 0.261 e. The van der Waals surface area contributed by atoms with Gasteiger partial charge in [-0.1, -0.05) is 45.9 Å². The molecule has 0 amide bonds. The summed E-state index contributed by atoms with van der Waals surface area (Å²) in [7, 11) is -3.58. The van der Waals surface area contributed by atoms with Gasteiger partial charge in [-0.25, -0.2) is 8.42 Å². The molecule has 1 N–H and O–H groups in total. The Labute approximate surface area is 194 Å². The van der Waals surface area contributed by atoms with Crippen LogP contribution in [-0.4, -0.2) is 32.4 Å². The van der Waals surface area contributed by atoms with Crippen LogP contribution in [0.2, 0.25) is 0 Å². The molecule has 0 heterocycles. The van der Waals surface area contributed by atoms with Crippen LogP contribution in [0.15, 0.2) is 47.4 Å². The highest BCUT2D eigenvalue weighted by Crippen LogP contribution is 2.28. The number of anilines is 1. The Bertz CT molecular complexity index is 936. The lowest BCUT2D eigenvalue weighted by Gasteiger charge is -2.35. The van der Waals surface area contributed by atoms with Crippen molar-refractivity contribution in [3.63, 3.8) is 0 Å². The summed E-state index contributed by atoms with van der Waals surface area (Å²) in [6, 6.07) is 13.8. The predicted molar refractivity (Wildman–Crippen MR) is 133 cm³/mol. The first-order chi connectivity index (χ1) is 14.3. The van der Waals surface area contributed by atoms with Gasteiger partial charge in [0.1, 0.15) is 0 Å². The summed E-state index contributed by atoms with van der Waals surface area (Å²) in [6.07, 6.45) is 5.56. The Hall–Kier alpha value is -1.56. The van der Waals surface area contributed by atoms with Gasteiger partial charge in [0.05, 0.1) is 4.90 Å². The largest absolute Gasteiger partial charge is 0.300 e. The summed E-state index contributed by atoms with van der Waals surface area (Å²) in [5, 5.41) is 0. The summed E-state index contributed by atoms with van der Waals surface area (Å²) in [5.41, 5.74) is 4.42. The molecule has 1 aliphatic carbocycles. The van der Waals surface area contributed by atoms with E-state index in [-0.39, 0.29) is 12.4 Å². The second-order valence-corrected chi connectivity index (χ2v) is 10.4. The van der Waals surface area contributed by atoms with Gasteiger partial charge in [0.2, 0.25) is 0 Å². The molecule has 2 aromatic carbocycles. The minimum absolute atomic E-state index is 0. The SMILES string of the molecule is CCCN(CCC)[C@@H]1CCc2cc(NS(=O)(=O)c3ccc(C(C)C)cc3)ccc2C1.Cl. The van der Waals surface area contributed by atoms with E-state index in [0.717, 1.165) is 37.9 Å². The molecule has 0 saturated carbocycles. The molecule has 0 aliphatic heterocycles. The van der Waals surface area contributed by atoms with E-state index in [1.165, 1.54) is 24.0 Å². The Balaban J connectivity index is 0.00000341. The smallest absolute Gasteiger partial charge is 0.261 e. The van der Waals surface area contributed by atoms with E-state index in [4.69, 9.17) is 0 Å². The van der Waals surface area contributed by atoms with Crippen LogP contribution in [0.5, 0.6) is 0 Å². The van der Waals surface area contributed by atoms with Crippen molar-refractivity contribution >= 4 is 28.1 Å². The number of nitrogens with zero attached hydrogens (tertiary/aromatic N) is 1. The van der Waals surface area contributed by atoms with Gasteiger partial charge in [0.15, 0.2) is 0 Å². The van der Waals surface area contributed by atoms with Crippen molar-refractivity contribution in [3.05, 3.63) is 59.2 Å². The molecule has 4 nitrogen and oxygen atoms in total. The van der Waals surface area contributed by atoms with Crippen molar-refractivity contribution in [2.45, 2.75) is 76.7 Å². The van der Waals surface area contributed by atoms with Crippen molar-refractivity contribution < 1.29 is 8.42 Å². The van der Waals surface area contributed by atoms with Crippen LogP contribution < -0.4 is 4.72 Å². The van der Waals surface area contributed by atoms with E-state index >= 15 is 0 Å². The minimum Gasteiger partial charge on any atom is -0.300 e. The Kier molecular flexibility index (Phi) is 9.41. The lowest BCUT2D eigenvalue weighted by Crippen LogP contribution is -2.40. The molecule has 31 heavy (non-hydrogen) atoms. The van der Waals surface area contributed by atoms with E-state index < -0.39 is 10.0 Å². The van der Waals surface area contributed by atoms with Crippen LogP contribution in [0.4, 0.5) is 5.69 Å². The summed E-state index contributed by atoms with van der Waals surface area (Å²) in [4.78, 5) is 2.93. The van der Waals surface area contributed by atoms with E-state index in [1.807, 2.05) is 24.3 Å². The third-order valence-corrected chi connectivity index (χ3v) is 7.45. The quantitative estimate of drug-likeness (QED) is 0.494. The second-order valence-electron chi connectivity index (χ2n) is 8.75. The third kappa shape index (κ3) is 6.47. The standard InChI is InChI=1S/C25H36N2O2S.ClH/c1-5-15-27(16-6-2)24-12-8-21-17-23(11-7-22(21)18-24)26-30(28,29)25-13-9-20(10-14-25)19(3)4;/h7,9-11,13-14,17,19,24,26H,5-6,8,12,15-16,18H2,1-4H3;1H/t24-;/m1./s1. The average molecular weight is 465 g/mol. The molecule has 172 valence electrons. The maximum absolute atomic E-state index is 12.8. The molecule has 0 aromatic heterocycles. The highest BCUT2D eigenvalue weighted by molar-refractivity contribution is 7.92. The van der Waals surface area contributed by atoms with Crippen LogP contribution >= 0.6 is 12.4 Å². The number of hydrogen-bond donors (Lipinski definition) is 1. The third-order valence-electron chi connectivity index (χ3n) is 6.06. The number of sulfonamides is 1. The average Bonchev–Trinajstić information content (AvgIpc) is 2.73. The second kappa shape index (κ2) is 11.3. The van der Waals surface area contributed by atoms with E-state index in [0.29, 0.717) is 22.5 Å². The molecule has 0 spiro atoms. The highest BCUT2D eigenvalue weighted by atomic mass is 35.5. The lowest BCUT2D eigenvalue weighted by molar-refractivity contribution is 0.180. The molecule has 1 aliphatic rings. The Morgan fingerprint density at radius 3 is 2.23 bits per heavy atom. The predicted octanol–water partition coefficient (Wildman–Crippen LogP) is 6.01. The molecule has 3 rings (SSSR count). The van der Waals surface area contributed by atoms with Crippen molar-refractivity contribution in [1.82, 2.24) is 4.90 Å². The van der Waals surface area contributed by atoms with Gasteiger partial charge in [0.25, 0.3) is 10.0 Å². The number of nitrogens with one attached hydrogen (secondary N) is 1.